The zero-order valence-corrected chi connectivity index (χ0v) is 15.4. The highest BCUT2D eigenvalue weighted by atomic mass is 19.1. The normalized spacial score (nSPS) is 18.8. The molecule has 0 aliphatic carbocycles. The lowest BCUT2D eigenvalue weighted by atomic mass is 10.3. The molecule has 3 aromatic rings. The van der Waals surface area contributed by atoms with Gasteiger partial charge in [0.25, 0.3) is 5.91 Å². The van der Waals surface area contributed by atoms with Crippen molar-refractivity contribution in [1.82, 2.24) is 19.7 Å². The maximum Gasteiger partial charge on any atom is 0.279 e. The van der Waals surface area contributed by atoms with Crippen molar-refractivity contribution in [2.45, 2.75) is 26.1 Å². The molecule has 7 nitrogen and oxygen atoms in total. The first-order chi connectivity index (χ1) is 13.6. The van der Waals surface area contributed by atoms with Crippen molar-refractivity contribution in [3.63, 3.8) is 0 Å². The first-order valence-electron chi connectivity index (χ1n) is 9.27. The van der Waals surface area contributed by atoms with Gasteiger partial charge >= 0.3 is 0 Å². The Labute approximate surface area is 161 Å². The van der Waals surface area contributed by atoms with Gasteiger partial charge in [-0.2, -0.15) is 5.10 Å². The number of fused-ring (bicyclic) bond motifs is 1. The van der Waals surface area contributed by atoms with Gasteiger partial charge in [0.2, 0.25) is 0 Å². The van der Waals surface area contributed by atoms with Crippen molar-refractivity contribution in [2.24, 2.45) is 0 Å². The van der Waals surface area contributed by atoms with Crippen molar-refractivity contribution in [2.75, 3.05) is 22.9 Å². The second-order valence-electron chi connectivity index (χ2n) is 7.20. The second-order valence-corrected chi connectivity index (χ2v) is 7.20. The van der Waals surface area contributed by atoms with Crippen molar-refractivity contribution in [3.05, 3.63) is 59.8 Å². The zero-order valence-electron chi connectivity index (χ0n) is 15.4. The van der Waals surface area contributed by atoms with Gasteiger partial charge in [0, 0.05) is 24.0 Å². The third kappa shape index (κ3) is 2.81. The van der Waals surface area contributed by atoms with Gasteiger partial charge < -0.3 is 9.80 Å². The van der Waals surface area contributed by atoms with Gasteiger partial charge in [-0.1, -0.05) is 0 Å². The summed E-state index contributed by atoms with van der Waals surface area (Å²) in [5, 5.41) is 4.47. The molecule has 5 rings (SSSR count). The first-order valence-corrected chi connectivity index (χ1v) is 9.27. The highest BCUT2D eigenvalue weighted by Crippen LogP contribution is 2.28. The predicted octanol–water partition coefficient (Wildman–Crippen LogP) is 2.68. The monoisotopic (exact) mass is 378 g/mol. The number of rotatable bonds is 3. The Kier molecular flexibility index (Phi) is 3.85. The van der Waals surface area contributed by atoms with E-state index in [0.717, 1.165) is 28.5 Å². The first kappa shape index (κ1) is 16.9. The van der Waals surface area contributed by atoms with Gasteiger partial charge in [0.05, 0.1) is 36.9 Å². The van der Waals surface area contributed by atoms with E-state index in [2.05, 4.69) is 15.1 Å². The number of hydrogen-bond donors (Lipinski definition) is 0. The minimum atomic E-state index is -0.784. The predicted molar refractivity (Wildman–Crippen MR) is 103 cm³/mol. The number of alkyl halides is 1. The molecule has 1 atom stereocenters. The zero-order chi connectivity index (χ0) is 19.3. The van der Waals surface area contributed by atoms with Gasteiger partial charge in [0.15, 0.2) is 5.69 Å². The van der Waals surface area contributed by atoms with Crippen LogP contribution in [0.2, 0.25) is 0 Å². The van der Waals surface area contributed by atoms with Crippen LogP contribution in [0.3, 0.4) is 0 Å². The number of pyridine rings is 2. The number of hydrogen-bond acceptors (Lipinski definition) is 5. The van der Waals surface area contributed by atoms with E-state index in [4.69, 9.17) is 0 Å². The number of carbonyl (C=O) groups excluding carboxylic acids is 1. The highest BCUT2D eigenvalue weighted by molar-refractivity contribution is 6.08. The van der Waals surface area contributed by atoms with Gasteiger partial charge in [-0.3, -0.25) is 9.78 Å². The van der Waals surface area contributed by atoms with E-state index in [1.54, 1.807) is 22.0 Å². The van der Waals surface area contributed by atoms with Crippen LogP contribution >= 0.6 is 0 Å². The van der Waals surface area contributed by atoms with Crippen LogP contribution in [-0.2, 0) is 6.54 Å². The fourth-order valence-corrected chi connectivity index (χ4v) is 3.66. The molecule has 0 spiro atoms. The summed E-state index contributed by atoms with van der Waals surface area (Å²) in [4.78, 5) is 25.1. The van der Waals surface area contributed by atoms with Crippen LogP contribution < -0.4 is 9.80 Å². The molecule has 0 bridgehead atoms. The summed E-state index contributed by atoms with van der Waals surface area (Å²) in [6, 6.07) is 7.54. The molecule has 28 heavy (non-hydrogen) atoms. The third-order valence-corrected chi connectivity index (χ3v) is 5.23. The number of anilines is 2. The van der Waals surface area contributed by atoms with E-state index in [1.807, 2.05) is 42.3 Å². The maximum atomic E-state index is 13.4. The fraction of sp³-hybridized carbons (Fsp3) is 0.300. The SMILES string of the molecule is Cc1ccc(N2Cc3cn(-c4ccc(N5CC[C@@H](F)C5)nc4)nc3C2=O)cn1. The smallest absolute Gasteiger partial charge is 0.279 e. The number of aryl methyl sites for hydroxylation is 1. The summed E-state index contributed by atoms with van der Waals surface area (Å²) in [5.74, 6) is 0.632. The molecule has 0 unspecified atom stereocenters. The molecule has 142 valence electrons. The molecule has 2 aliphatic rings. The van der Waals surface area contributed by atoms with Crippen molar-refractivity contribution in [1.29, 1.82) is 0 Å². The number of amides is 1. The van der Waals surface area contributed by atoms with Gasteiger partial charge in [-0.05, 0) is 37.6 Å². The minimum absolute atomic E-state index is 0.130. The van der Waals surface area contributed by atoms with E-state index in [0.29, 0.717) is 31.7 Å². The summed E-state index contributed by atoms with van der Waals surface area (Å²) in [6.07, 6.45) is 5.03. The average Bonchev–Trinajstić information content (AvgIpc) is 3.39. The largest absolute Gasteiger partial charge is 0.354 e. The molecule has 8 heteroatoms. The summed E-state index contributed by atoms with van der Waals surface area (Å²) in [6.45, 7) is 3.45. The molecule has 0 saturated carbocycles. The van der Waals surface area contributed by atoms with Crippen LogP contribution in [-0.4, -0.2) is 44.9 Å². The third-order valence-electron chi connectivity index (χ3n) is 5.23. The maximum absolute atomic E-state index is 13.4. The van der Waals surface area contributed by atoms with E-state index in [1.165, 1.54) is 0 Å². The van der Waals surface area contributed by atoms with E-state index in [9.17, 15) is 9.18 Å². The molecule has 0 N–H and O–H groups in total. The Morgan fingerprint density at radius 3 is 2.57 bits per heavy atom. The Morgan fingerprint density at radius 1 is 1.11 bits per heavy atom. The second kappa shape index (κ2) is 6.40. The topological polar surface area (TPSA) is 67.2 Å². The van der Waals surface area contributed by atoms with Crippen LogP contribution in [0.25, 0.3) is 5.69 Å². The molecule has 2 aliphatic heterocycles. The summed E-state index contributed by atoms with van der Waals surface area (Å²) < 4.78 is 15.1. The van der Waals surface area contributed by atoms with Crippen molar-refractivity contribution in [3.8, 4) is 5.69 Å². The number of halogens is 1. The molecule has 0 radical (unpaired) electrons. The quantitative estimate of drug-likeness (QED) is 0.701. The Hall–Kier alpha value is -3.29. The lowest BCUT2D eigenvalue weighted by molar-refractivity contribution is 0.0991. The van der Waals surface area contributed by atoms with E-state index >= 15 is 0 Å². The Morgan fingerprint density at radius 2 is 1.93 bits per heavy atom. The van der Waals surface area contributed by atoms with Crippen LogP contribution in [0.5, 0.6) is 0 Å². The van der Waals surface area contributed by atoms with Crippen LogP contribution in [0.4, 0.5) is 15.9 Å². The molecular formula is C20H19FN6O. The van der Waals surface area contributed by atoms with E-state index in [-0.39, 0.29) is 5.91 Å². The lowest BCUT2D eigenvalue weighted by Crippen LogP contribution is -2.24. The molecule has 3 aromatic heterocycles. The molecular weight excluding hydrogens is 359 g/mol. The number of aromatic nitrogens is 4. The standard InChI is InChI=1S/C20H19FN6O/c1-13-2-3-16(8-22-13)26-10-14-11-27(24-19(14)20(26)28)17-4-5-18(23-9-17)25-7-6-15(21)12-25/h2-5,8-9,11,15H,6-7,10,12H2,1H3/t15-/m1/s1. The van der Waals surface area contributed by atoms with Crippen LogP contribution in [0.15, 0.2) is 42.9 Å². The summed E-state index contributed by atoms with van der Waals surface area (Å²) >= 11 is 0. The average molecular weight is 378 g/mol. The molecule has 1 amide bonds. The summed E-state index contributed by atoms with van der Waals surface area (Å²) in [5.41, 5.74) is 3.76. The van der Waals surface area contributed by atoms with Gasteiger partial charge in [-0.15, -0.1) is 0 Å². The molecule has 0 aromatic carbocycles. The van der Waals surface area contributed by atoms with Crippen molar-refractivity contribution < 1.29 is 9.18 Å². The Balaban J connectivity index is 1.36. The molecule has 1 fully saturated rings. The minimum Gasteiger partial charge on any atom is -0.354 e. The Bertz CT molecular complexity index is 1030. The van der Waals surface area contributed by atoms with Gasteiger partial charge in [0.1, 0.15) is 12.0 Å². The van der Waals surface area contributed by atoms with Crippen LogP contribution in [0, 0.1) is 6.92 Å². The van der Waals surface area contributed by atoms with Gasteiger partial charge in [-0.25, -0.2) is 14.1 Å². The highest BCUT2D eigenvalue weighted by Gasteiger charge is 2.32. The van der Waals surface area contributed by atoms with Crippen LogP contribution in [0.1, 0.15) is 28.2 Å². The number of nitrogens with zero attached hydrogens (tertiary/aromatic N) is 6. The van der Waals surface area contributed by atoms with E-state index < -0.39 is 6.17 Å². The van der Waals surface area contributed by atoms with Crippen molar-refractivity contribution >= 4 is 17.4 Å². The molecule has 5 heterocycles. The lowest BCUT2D eigenvalue weighted by Gasteiger charge is -2.17. The summed E-state index contributed by atoms with van der Waals surface area (Å²) in [7, 11) is 0. The fourth-order valence-electron chi connectivity index (χ4n) is 3.66. The molecule has 1 saturated heterocycles. The number of carbonyl (C=O) groups is 1.